The maximum atomic E-state index is 14.3. The molecule has 0 spiro atoms. The van der Waals surface area contributed by atoms with Gasteiger partial charge in [0.2, 0.25) is 29.5 Å². The van der Waals surface area contributed by atoms with Crippen LogP contribution in [0.5, 0.6) is 28.7 Å². The number of hydrogen-bond donors (Lipinski definition) is 12. The number of aliphatic hydroxyl groups is 10. The Labute approximate surface area is 309 Å². The van der Waals surface area contributed by atoms with E-state index in [9.17, 15) is 66.1 Å². The van der Waals surface area contributed by atoms with Crippen LogP contribution in [0.25, 0.3) is 22.3 Å². The molecule has 21 heteroatoms. The largest absolute Gasteiger partial charge is 0.508 e. The highest BCUT2D eigenvalue weighted by molar-refractivity contribution is 5.93. The van der Waals surface area contributed by atoms with Crippen molar-refractivity contribution < 1.29 is 98.9 Å². The molecule has 2 aromatic carbocycles. The second-order valence-corrected chi connectivity index (χ2v) is 13.2. The molecule has 4 heterocycles. The third kappa shape index (κ3) is 7.65. The molecule has 21 nitrogen and oxygen atoms in total. The third-order valence-electron chi connectivity index (χ3n) is 9.59. The molecule has 3 aromatic rings. The van der Waals surface area contributed by atoms with Gasteiger partial charge >= 0.3 is 0 Å². The topological polar surface area (TPSA) is 338 Å². The van der Waals surface area contributed by atoms with Gasteiger partial charge in [0.25, 0.3) is 0 Å². The SMILES string of the molecule is COc1c(O[C@@H]2O[C@H](CO)[C@H](O)[C@H](O)[C@H]2O)cc(O)c2c(=O)c(O[C@@H]3O[C@H](CO[C@@H]4O[C@@H](C)[C@H](O)[C@H](O)[C@@H]4O)[C@H](O)[C@H](O)[C@H]3O)c(-c3ccc(O)cc3)oc12. The quantitative estimate of drug-likeness (QED) is 0.0934. The first kappa shape index (κ1) is 40.7. The molecule has 3 fully saturated rings. The minimum atomic E-state index is -2.03. The molecule has 3 saturated heterocycles. The van der Waals surface area contributed by atoms with Gasteiger partial charge in [-0.2, -0.15) is 0 Å². The number of fused-ring (bicyclic) bond motifs is 1. The minimum absolute atomic E-state index is 0.0673. The van der Waals surface area contributed by atoms with Gasteiger partial charge in [0.05, 0.1) is 26.4 Å². The maximum absolute atomic E-state index is 14.3. The van der Waals surface area contributed by atoms with E-state index in [2.05, 4.69) is 0 Å². The fourth-order valence-electron chi connectivity index (χ4n) is 6.37. The average molecular weight is 787 g/mol. The van der Waals surface area contributed by atoms with E-state index in [4.69, 9.17) is 37.6 Å². The van der Waals surface area contributed by atoms with Crippen LogP contribution in [0, 0.1) is 0 Å². The lowest BCUT2D eigenvalue weighted by Gasteiger charge is -2.42. The summed E-state index contributed by atoms with van der Waals surface area (Å²) in [7, 11) is 1.14. The second kappa shape index (κ2) is 16.3. The summed E-state index contributed by atoms with van der Waals surface area (Å²) in [4.78, 5) is 14.3. The van der Waals surface area contributed by atoms with Gasteiger partial charge in [-0.05, 0) is 31.2 Å². The number of phenols is 2. The highest BCUT2D eigenvalue weighted by atomic mass is 16.7. The average Bonchev–Trinajstić information content (AvgIpc) is 3.16. The summed E-state index contributed by atoms with van der Waals surface area (Å²) < 4.78 is 45.1. The van der Waals surface area contributed by atoms with E-state index in [0.29, 0.717) is 0 Å². The predicted molar refractivity (Wildman–Crippen MR) is 178 cm³/mol. The smallest absolute Gasteiger partial charge is 0.239 e. The van der Waals surface area contributed by atoms with Crippen molar-refractivity contribution in [3.8, 4) is 40.1 Å². The monoisotopic (exact) mass is 786 g/mol. The highest BCUT2D eigenvalue weighted by Crippen LogP contribution is 2.45. The van der Waals surface area contributed by atoms with E-state index in [1.54, 1.807) is 0 Å². The van der Waals surface area contributed by atoms with E-state index < -0.39 is 145 Å². The van der Waals surface area contributed by atoms with Crippen molar-refractivity contribution in [2.24, 2.45) is 0 Å². The molecular weight excluding hydrogens is 744 g/mol. The second-order valence-electron chi connectivity index (χ2n) is 13.2. The van der Waals surface area contributed by atoms with E-state index in [1.165, 1.54) is 31.2 Å². The van der Waals surface area contributed by atoms with E-state index in [-0.39, 0.29) is 17.1 Å². The zero-order valence-corrected chi connectivity index (χ0v) is 29.0. The van der Waals surface area contributed by atoms with Gasteiger partial charge in [0.15, 0.2) is 23.4 Å². The van der Waals surface area contributed by atoms with Crippen molar-refractivity contribution in [3.63, 3.8) is 0 Å². The zero-order valence-electron chi connectivity index (χ0n) is 29.0. The van der Waals surface area contributed by atoms with Crippen molar-refractivity contribution in [2.75, 3.05) is 20.3 Å². The molecule has 0 amide bonds. The first-order valence-corrected chi connectivity index (χ1v) is 16.9. The van der Waals surface area contributed by atoms with E-state index in [1.807, 2.05) is 0 Å². The Bertz CT molecular complexity index is 1850. The molecule has 3 aliphatic rings. The van der Waals surface area contributed by atoms with Crippen LogP contribution >= 0.6 is 0 Å². The third-order valence-corrected chi connectivity index (χ3v) is 9.59. The lowest BCUT2D eigenvalue weighted by Crippen LogP contribution is -2.61. The lowest BCUT2D eigenvalue weighted by atomic mass is 9.98. The van der Waals surface area contributed by atoms with Crippen LogP contribution in [0.4, 0.5) is 0 Å². The number of phenolic OH excluding ortho intramolecular Hbond substituents is 2. The molecule has 6 rings (SSSR count). The predicted octanol–water partition coefficient (Wildman–Crippen LogP) is -3.91. The Morgan fingerprint density at radius 3 is 1.85 bits per heavy atom. The van der Waals surface area contributed by atoms with Gasteiger partial charge in [-0.25, -0.2) is 0 Å². The van der Waals surface area contributed by atoms with Crippen LogP contribution in [0.3, 0.4) is 0 Å². The fraction of sp³-hybridized carbons (Fsp3) is 0.559. The number of rotatable bonds is 10. The molecule has 1 aromatic heterocycles. The number of ether oxygens (including phenoxy) is 7. The summed E-state index contributed by atoms with van der Waals surface area (Å²) in [6.07, 6.45) is -25.1. The Morgan fingerprint density at radius 2 is 1.24 bits per heavy atom. The molecule has 12 N–H and O–H groups in total. The van der Waals surface area contributed by atoms with Crippen molar-refractivity contribution in [3.05, 3.63) is 40.6 Å². The molecule has 304 valence electrons. The minimum Gasteiger partial charge on any atom is -0.508 e. The summed E-state index contributed by atoms with van der Waals surface area (Å²) >= 11 is 0. The van der Waals surface area contributed by atoms with Crippen LogP contribution in [0.15, 0.2) is 39.5 Å². The van der Waals surface area contributed by atoms with Crippen molar-refractivity contribution >= 4 is 11.0 Å². The van der Waals surface area contributed by atoms with Crippen LogP contribution in [-0.4, -0.2) is 174 Å². The van der Waals surface area contributed by atoms with Crippen LogP contribution in [0.2, 0.25) is 0 Å². The molecule has 0 bridgehead atoms. The fourth-order valence-corrected chi connectivity index (χ4v) is 6.37. The Kier molecular flexibility index (Phi) is 12.1. The van der Waals surface area contributed by atoms with Crippen LogP contribution < -0.4 is 19.6 Å². The number of methoxy groups -OCH3 is 1. The van der Waals surface area contributed by atoms with Gasteiger partial charge in [-0.15, -0.1) is 0 Å². The van der Waals surface area contributed by atoms with Crippen molar-refractivity contribution in [2.45, 2.75) is 99.0 Å². The molecule has 3 aliphatic heterocycles. The van der Waals surface area contributed by atoms with Gasteiger partial charge < -0.3 is 98.9 Å². The summed E-state index contributed by atoms with van der Waals surface area (Å²) in [6.45, 7) is -0.00313. The molecule has 55 heavy (non-hydrogen) atoms. The molecular formula is C34H42O21. The van der Waals surface area contributed by atoms with Crippen molar-refractivity contribution in [1.82, 2.24) is 0 Å². The van der Waals surface area contributed by atoms with Crippen LogP contribution in [0.1, 0.15) is 6.92 Å². The lowest BCUT2D eigenvalue weighted by molar-refractivity contribution is -0.318. The Morgan fingerprint density at radius 1 is 0.673 bits per heavy atom. The first-order valence-electron chi connectivity index (χ1n) is 16.9. The molecule has 0 unspecified atom stereocenters. The summed E-state index contributed by atoms with van der Waals surface area (Å²) in [5.41, 5.74) is -1.51. The summed E-state index contributed by atoms with van der Waals surface area (Å²) in [5, 5.41) is 124. The maximum Gasteiger partial charge on any atom is 0.239 e. The van der Waals surface area contributed by atoms with Gasteiger partial charge in [-0.1, -0.05) is 0 Å². The zero-order chi connectivity index (χ0) is 40.0. The number of hydrogen-bond acceptors (Lipinski definition) is 21. The van der Waals surface area contributed by atoms with Crippen molar-refractivity contribution in [1.29, 1.82) is 0 Å². The Hall–Kier alpha value is -3.91. The molecule has 0 radical (unpaired) electrons. The summed E-state index contributed by atoms with van der Waals surface area (Å²) in [5.74, 6) is -2.90. The number of benzene rings is 2. The summed E-state index contributed by atoms with van der Waals surface area (Å²) in [6, 6.07) is 5.95. The van der Waals surface area contributed by atoms with Gasteiger partial charge in [0.1, 0.15) is 84.0 Å². The molecule has 0 saturated carbocycles. The van der Waals surface area contributed by atoms with Gasteiger partial charge in [-0.3, -0.25) is 4.79 Å². The van der Waals surface area contributed by atoms with E-state index in [0.717, 1.165) is 13.2 Å². The van der Waals surface area contributed by atoms with Gasteiger partial charge in [0, 0.05) is 11.6 Å². The standard InChI is InChI=1S/C34H42O21/c1-10-18(38)22(42)25(45)32(50-10)49-9-16-20(40)24(44)27(47)34(53-16)55-31-21(41)17-13(37)7-14(51-33-26(46)23(43)19(39)15(8-35)52-33)29(48-2)30(17)54-28(31)11-3-5-12(36)6-4-11/h3-7,10,15-16,18-20,22-27,32-40,42-47H,8-9H2,1-2H3/t10-,15+,16+,18-,19-,20-,22-,23-,24-,25-,26+,27+,32+,33+,34-/m0/s1. The van der Waals surface area contributed by atoms with Crippen LogP contribution in [-0.2, 0) is 18.9 Å². The van der Waals surface area contributed by atoms with E-state index >= 15 is 0 Å². The number of aromatic hydroxyl groups is 2. The number of aliphatic hydroxyl groups excluding tert-OH is 10. The Balaban J connectivity index is 1.37. The normalized spacial score (nSPS) is 36.8. The molecule has 15 atom stereocenters. The first-order chi connectivity index (χ1) is 26.1. The molecule has 0 aliphatic carbocycles. The highest BCUT2D eigenvalue weighted by Gasteiger charge is 2.48.